The fraction of sp³-hybridized carbons (Fsp3) is 0.150. The van der Waals surface area contributed by atoms with Gasteiger partial charge in [-0.25, -0.2) is 4.39 Å². The molecule has 2 aromatic carbocycles. The number of hydrogen-bond acceptors (Lipinski definition) is 5. The fourth-order valence-electron chi connectivity index (χ4n) is 2.55. The fourth-order valence-corrected chi connectivity index (χ4v) is 2.76. The number of nitrogens with one attached hydrogen (secondary N) is 1. The number of aliphatic carboxylic acids is 1. The van der Waals surface area contributed by atoms with Gasteiger partial charge in [0.2, 0.25) is 5.78 Å². The van der Waals surface area contributed by atoms with Crippen molar-refractivity contribution in [3.63, 3.8) is 0 Å². The number of carbonyl (C=O) groups is 3. The Balaban J connectivity index is 1.67. The van der Waals surface area contributed by atoms with Gasteiger partial charge in [-0.1, -0.05) is 17.7 Å². The lowest BCUT2D eigenvalue weighted by molar-refractivity contribution is -0.137. The first-order valence-corrected chi connectivity index (χ1v) is 8.86. The molecular formula is C20H15ClFNO6. The van der Waals surface area contributed by atoms with Gasteiger partial charge in [0.1, 0.15) is 17.3 Å². The van der Waals surface area contributed by atoms with Crippen molar-refractivity contribution in [2.75, 3.05) is 13.2 Å². The van der Waals surface area contributed by atoms with E-state index in [0.717, 1.165) is 0 Å². The first-order chi connectivity index (χ1) is 13.8. The van der Waals surface area contributed by atoms with Crippen LogP contribution in [0.5, 0.6) is 11.5 Å². The van der Waals surface area contributed by atoms with Gasteiger partial charge in [0, 0.05) is 18.2 Å². The highest BCUT2D eigenvalue weighted by Gasteiger charge is 2.28. The SMILES string of the molecule is O=C(O)CCNC(=O)COc1ccc2c(c1)OC(=Cc1c(F)cccc1Cl)C2=O. The molecule has 0 saturated heterocycles. The van der Waals surface area contributed by atoms with Crippen LogP contribution in [0, 0.1) is 5.82 Å². The molecule has 1 amide bonds. The number of hydrogen-bond donors (Lipinski definition) is 2. The molecule has 1 aliphatic rings. The minimum absolute atomic E-state index is 0.00785. The van der Waals surface area contributed by atoms with Crippen LogP contribution in [0.1, 0.15) is 22.3 Å². The number of carboxylic acids is 1. The summed E-state index contributed by atoms with van der Waals surface area (Å²) in [6, 6.07) is 8.56. The van der Waals surface area contributed by atoms with Gasteiger partial charge in [0.25, 0.3) is 5.91 Å². The lowest BCUT2D eigenvalue weighted by atomic mass is 10.1. The monoisotopic (exact) mass is 419 g/mol. The number of Topliss-reactive ketones (excluding diaryl/α,β-unsaturated/α-hetero) is 1. The third-order valence-corrected chi connectivity index (χ3v) is 4.28. The van der Waals surface area contributed by atoms with Crippen LogP contribution < -0.4 is 14.8 Å². The highest BCUT2D eigenvalue weighted by molar-refractivity contribution is 6.32. The van der Waals surface area contributed by atoms with E-state index >= 15 is 0 Å². The minimum Gasteiger partial charge on any atom is -0.484 e. The van der Waals surface area contributed by atoms with Gasteiger partial charge in [-0.05, 0) is 30.3 Å². The number of halogens is 2. The van der Waals surface area contributed by atoms with E-state index in [2.05, 4.69) is 5.32 Å². The summed E-state index contributed by atoms with van der Waals surface area (Å²) in [5.74, 6) is -2.14. The van der Waals surface area contributed by atoms with Gasteiger partial charge in [-0.2, -0.15) is 0 Å². The molecule has 0 spiro atoms. The molecule has 0 atom stereocenters. The Morgan fingerprint density at radius 1 is 1.28 bits per heavy atom. The minimum atomic E-state index is -1.02. The molecule has 150 valence electrons. The smallest absolute Gasteiger partial charge is 0.305 e. The zero-order valence-corrected chi connectivity index (χ0v) is 15.7. The van der Waals surface area contributed by atoms with Gasteiger partial charge in [-0.15, -0.1) is 0 Å². The van der Waals surface area contributed by atoms with E-state index < -0.39 is 23.5 Å². The largest absolute Gasteiger partial charge is 0.484 e. The maximum Gasteiger partial charge on any atom is 0.305 e. The Kier molecular flexibility index (Phi) is 6.13. The summed E-state index contributed by atoms with van der Waals surface area (Å²) in [5, 5.41) is 11.1. The van der Waals surface area contributed by atoms with Crippen molar-refractivity contribution in [1.82, 2.24) is 5.32 Å². The van der Waals surface area contributed by atoms with Crippen LogP contribution in [-0.2, 0) is 9.59 Å². The van der Waals surface area contributed by atoms with Crippen molar-refractivity contribution < 1.29 is 33.4 Å². The predicted octanol–water partition coefficient (Wildman–Crippen LogP) is 3.07. The number of allylic oxidation sites excluding steroid dienone is 1. The quantitative estimate of drug-likeness (QED) is 0.669. The second kappa shape index (κ2) is 8.74. The summed E-state index contributed by atoms with van der Waals surface area (Å²) in [4.78, 5) is 34.5. The molecule has 3 rings (SSSR count). The van der Waals surface area contributed by atoms with E-state index in [0.29, 0.717) is 0 Å². The number of fused-ring (bicyclic) bond motifs is 1. The summed E-state index contributed by atoms with van der Waals surface area (Å²) in [7, 11) is 0. The molecule has 9 heteroatoms. The standard InChI is InChI=1S/C20H15ClFNO6/c21-14-2-1-3-15(22)13(14)9-17-20(27)12-5-4-11(8-16(12)29-17)28-10-18(24)23-7-6-19(25)26/h1-5,8-9H,6-7,10H2,(H,23,24)(H,25,26). The van der Waals surface area contributed by atoms with Gasteiger partial charge in [0.05, 0.1) is 17.0 Å². The summed E-state index contributed by atoms with van der Waals surface area (Å²) in [6.45, 7) is -0.341. The van der Waals surface area contributed by atoms with Crippen LogP contribution in [0.4, 0.5) is 4.39 Å². The van der Waals surface area contributed by atoms with E-state index in [1.54, 1.807) is 0 Å². The number of benzene rings is 2. The van der Waals surface area contributed by atoms with Crippen LogP contribution in [-0.4, -0.2) is 35.9 Å². The maximum absolute atomic E-state index is 13.9. The van der Waals surface area contributed by atoms with Gasteiger partial charge in [-0.3, -0.25) is 14.4 Å². The van der Waals surface area contributed by atoms with Crippen molar-refractivity contribution in [2.24, 2.45) is 0 Å². The van der Waals surface area contributed by atoms with E-state index in [1.165, 1.54) is 42.5 Å². The van der Waals surface area contributed by atoms with Crippen LogP contribution in [0.15, 0.2) is 42.2 Å². The molecule has 0 fully saturated rings. The van der Waals surface area contributed by atoms with Crippen molar-refractivity contribution >= 4 is 35.3 Å². The first-order valence-electron chi connectivity index (χ1n) is 8.49. The Hall–Kier alpha value is -3.39. The molecule has 0 unspecified atom stereocenters. The summed E-state index contributed by atoms with van der Waals surface area (Å²) >= 11 is 5.97. The van der Waals surface area contributed by atoms with Crippen LogP contribution in [0.3, 0.4) is 0 Å². The normalized spacial score (nSPS) is 13.7. The Bertz CT molecular complexity index is 1000. The van der Waals surface area contributed by atoms with Gasteiger partial charge < -0.3 is 19.9 Å². The van der Waals surface area contributed by atoms with Crippen LogP contribution >= 0.6 is 11.6 Å². The second-order valence-electron chi connectivity index (χ2n) is 6.02. The van der Waals surface area contributed by atoms with E-state index in [1.807, 2.05) is 0 Å². The van der Waals surface area contributed by atoms with E-state index in [9.17, 15) is 18.8 Å². The highest BCUT2D eigenvalue weighted by atomic mass is 35.5. The van der Waals surface area contributed by atoms with Crippen molar-refractivity contribution in [1.29, 1.82) is 0 Å². The third kappa shape index (κ3) is 4.91. The average molecular weight is 420 g/mol. The molecule has 1 aliphatic heterocycles. The molecule has 0 saturated carbocycles. The van der Waals surface area contributed by atoms with Crippen molar-refractivity contribution in [2.45, 2.75) is 6.42 Å². The number of carbonyl (C=O) groups excluding carboxylic acids is 2. The van der Waals surface area contributed by atoms with Crippen LogP contribution in [0.25, 0.3) is 6.08 Å². The molecular weight excluding hydrogens is 405 g/mol. The molecule has 0 radical (unpaired) electrons. The molecule has 2 N–H and O–H groups in total. The zero-order valence-electron chi connectivity index (χ0n) is 14.9. The highest BCUT2D eigenvalue weighted by Crippen LogP contribution is 2.35. The Morgan fingerprint density at radius 2 is 2.07 bits per heavy atom. The number of carboxylic acid groups (broad SMARTS) is 1. The predicted molar refractivity (Wildman–Crippen MR) is 102 cm³/mol. The first kappa shape index (κ1) is 20.3. The Labute approximate surface area is 169 Å². The van der Waals surface area contributed by atoms with Crippen molar-refractivity contribution in [3.8, 4) is 11.5 Å². The summed E-state index contributed by atoms with van der Waals surface area (Å²) < 4.78 is 24.8. The third-order valence-electron chi connectivity index (χ3n) is 3.95. The number of rotatable bonds is 7. The molecule has 0 aliphatic carbocycles. The lowest BCUT2D eigenvalue weighted by Gasteiger charge is -2.07. The van der Waals surface area contributed by atoms with E-state index in [4.69, 9.17) is 26.2 Å². The molecule has 0 aromatic heterocycles. The molecule has 0 bridgehead atoms. The van der Waals surface area contributed by atoms with Gasteiger partial charge >= 0.3 is 5.97 Å². The van der Waals surface area contributed by atoms with Crippen molar-refractivity contribution in [3.05, 3.63) is 64.1 Å². The van der Waals surface area contributed by atoms with Crippen LogP contribution in [0.2, 0.25) is 5.02 Å². The lowest BCUT2D eigenvalue weighted by Crippen LogP contribution is -2.30. The number of ketones is 1. The zero-order chi connectivity index (χ0) is 21.0. The number of ether oxygens (including phenoxy) is 2. The molecule has 1 heterocycles. The van der Waals surface area contributed by atoms with Gasteiger partial charge in [0.15, 0.2) is 12.4 Å². The number of amides is 1. The Morgan fingerprint density at radius 3 is 2.79 bits per heavy atom. The average Bonchev–Trinajstić information content (AvgIpc) is 2.98. The van der Waals surface area contributed by atoms with E-state index in [-0.39, 0.29) is 53.0 Å². The topological polar surface area (TPSA) is 102 Å². The second-order valence-corrected chi connectivity index (χ2v) is 6.42. The maximum atomic E-state index is 13.9. The summed E-state index contributed by atoms with van der Waals surface area (Å²) in [5.41, 5.74) is 0.307. The summed E-state index contributed by atoms with van der Waals surface area (Å²) in [6.07, 6.45) is 1.04. The molecule has 2 aromatic rings. The molecule has 29 heavy (non-hydrogen) atoms. The molecule has 7 nitrogen and oxygen atoms in total.